The molecule has 96 valence electrons. The van der Waals surface area contributed by atoms with Crippen molar-refractivity contribution < 1.29 is 25.3 Å². The third-order valence-corrected chi connectivity index (χ3v) is 2.01. The Morgan fingerprint density at radius 1 is 1.53 bits per heavy atom. The van der Waals surface area contributed by atoms with Gasteiger partial charge in [0.1, 0.15) is 11.9 Å². The molecule has 1 atom stereocenters. The molecular weight excluding hydrogens is 232 g/mol. The summed E-state index contributed by atoms with van der Waals surface area (Å²) >= 11 is 0. The summed E-state index contributed by atoms with van der Waals surface area (Å²) in [5.41, 5.74) is 6.57. The number of nitrogens with two attached hydrogens (primary N) is 1. The van der Waals surface area contributed by atoms with Crippen molar-refractivity contribution in [1.29, 1.82) is 0 Å². The van der Waals surface area contributed by atoms with E-state index in [4.69, 9.17) is 16.0 Å². The van der Waals surface area contributed by atoms with Gasteiger partial charge in [-0.2, -0.15) is 5.48 Å². The molecule has 1 rings (SSSR count). The van der Waals surface area contributed by atoms with Crippen LogP contribution in [0.3, 0.4) is 0 Å². The monoisotopic (exact) mass is 246 g/mol. The zero-order valence-corrected chi connectivity index (χ0v) is 8.79. The van der Waals surface area contributed by atoms with Gasteiger partial charge in [-0.05, 0) is 0 Å². The highest BCUT2D eigenvalue weighted by molar-refractivity contribution is 5.93. The first-order valence-electron chi connectivity index (χ1n) is 4.68. The first-order chi connectivity index (χ1) is 7.99. The molecule has 9 nitrogen and oxygen atoms in total. The molecule has 1 amide bonds. The van der Waals surface area contributed by atoms with Crippen LogP contribution in [0.2, 0.25) is 0 Å². The number of hydrogen-bond acceptors (Lipinski definition) is 7. The highest BCUT2D eigenvalue weighted by atomic mass is 16.5. The van der Waals surface area contributed by atoms with Gasteiger partial charge in [0.25, 0.3) is 0 Å². The molecule has 0 fully saturated rings. The number of aromatic hydroxyl groups is 2. The van der Waals surface area contributed by atoms with Crippen molar-refractivity contribution in [2.45, 2.75) is 12.8 Å². The van der Waals surface area contributed by atoms with Crippen LogP contribution in [0.5, 0.6) is 11.8 Å². The summed E-state index contributed by atoms with van der Waals surface area (Å²) in [6, 6.07) is 1.09. The van der Waals surface area contributed by atoms with Gasteiger partial charge in [-0.1, -0.05) is 0 Å². The number of carbonyl (C=O) groups is 1. The van der Waals surface area contributed by atoms with Gasteiger partial charge in [0.2, 0.25) is 11.8 Å². The lowest BCUT2D eigenvalue weighted by molar-refractivity contribution is -0.114. The van der Waals surface area contributed by atoms with Crippen molar-refractivity contribution in [3.63, 3.8) is 0 Å². The zero-order valence-electron chi connectivity index (χ0n) is 8.79. The summed E-state index contributed by atoms with van der Waals surface area (Å²) in [7, 11) is 0. The number of aliphatic hydroxyl groups is 1. The molecule has 0 unspecified atom stereocenters. The van der Waals surface area contributed by atoms with Gasteiger partial charge < -0.3 is 31.6 Å². The third kappa shape index (κ3) is 3.07. The topological polar surface area (TPSA) is 153 Å². The number of amides is 1. The Morgan fingerprint density at radius 3 is 2.71 bits per heavy atom. The molecular formula is C8H14N4O5. The maximum atomic E-state index is 11.0. The fourth-order valence-electron chi connectivity index (χ4n) is 1.21. The lowest BCUT2D eigenvalue weighted by Gasteiger charge is -2.11. The molecule has 1 heterocycles. The largest absolute Gasteiger partial charge is 0.494 e. The standard InChI is InChI=1S/C8H14N4O5/c9-2-5(13)10-4-1-7(15)12(8(4)16)3-6(14)11-17/h1,6,11,14-17H,2-3,9H2,(H,10,13)/t6-/m0/s1. The normalized spacial score (nSPS) is 12.4. The van der Waals surface area contributed by atoms with Crippen LogP contribution in [-0.2, 0) is 11.3 Å². The van der Waals surface area contributed by atoms with E-state index < -0.39 is 18.0 Å². The zero-order chi connectivity index (χ0) is 13.0. The molecule has 1 aromatic heterocycles. The van der Waals surface area contributed by atoms with Crippen LogP contribution in [0.1, 0.15) is 0 Å². The van der Waals surface area contributed by atoms with E-state index in [0.717, 1.165) is 10.6 Å². The van der Waals surface area contributed by atoms with Crippen molar-refractivity contribution in [3.8, 4) is 11.8 Å². The third-order valence-electron chi connectivity index (χ3n) is 2.01. The summed E-state index contributed by atoms with van der Waals surface area (Å²) in [6.45, 7) is -0.584. The van der Waals surface area contributed by atoms with Crippen molar-refractivity contribution in [2.24, 2.45) is 5.73 Å². The lowest BCUT2D eigenvalue weighted by Crippen LogP contribution is -2.29. The van der Waals surface area contributed by atoms with E-state index in [2.05, 4.69) is 5.32 Å². The molecule has 17 heavy (non-hydrogen) atoms. The average Bonchev–Trinajstić information content (AvgIpc) is 2.56. The second kappa shape index (κ2) is 5.50. The lowest BCUT2D eigenvalue weighted by atomic mass is 10.4. The number of nitrogens with one attached hydrogen (secondary N) is 2. The van der Waals surface area contributed by atoms with Gasteiger partial charge in [-0.25, -0.2) is 0 Å². The Labute approximate surface area is 96.0 Å². The van der Waals surface area contributed by atoms with Crippen LogP contribution in [0, 0.1) is 0 Å². The molecule has 0 aromatic carbocycles. The van der Waals surface area contributed by atoms with Crippen LogP contribution in [0.4, 0.5) is 5.69 Å². The van der Waals surface area contributed by atoms with Crippen molar-refractivity contribution in [1.82, 2.24) is 10.0 Å². The highest BCUT2D eigenvalue weighted by Gasteiger charge is 2.17. The van der Waals surface area contributed by atoms with Crippen LogP contribution in [-0.4, -0.2) is 43.8 Å². The number of anilines is 1. The van der Waals surface area contributed by atoms with Gasteiger partial charge in [0.15, 0.2) is 5.88 Å². The van der Waals surface area contributed by atoms with E-state index >= 15 is 0 Å². The van der Waals surface area contributed by atoms with Gasteiger partial charge in [0, 0.05) is 6.07 Å². The molecule has 0 saturated carbocycles. The first kappa shape index (κ1) is 13.3. The quantitative estimate of drug-likeness (QED) is 0.236. The van der Waals surface area contributed by atoms with E-state index in [1.165, 1.54) is 5.48 Å². The second-order valence-electron chi connectivity index (χ2n) is 3.25. The Morgan fingerprint density at radius 2 is 2.18 bits per heavy atom. The summed E-state index contributed by atoms with van der Waals surface area (Å²) in [5, 5.41) is 38.8. The fourth-order valence-corrected chi connectivity index (χ4v) is 1.21. The van der Waals surface area contributed by atoms with E-state index in [-0.39, 0.29) is 24.7 Å². The molecule has 8 N–H and O–H groups in total. The van der Waals surface area contributed by atoms with Gasteiger partial charge in [-0.15, -0.1) is 0 Å². The van der Waals surface area contributed by atoms with Crippen LogP contribution in [0.15, 0.2) is 6.07 Å². The van der Waals surface area contributed by atoms with Crippen LogP contribution < -0.4 is 16.5 Å². The number of carbonyl (C=O) groups excluding carboxylic acids is 1. The Hall–Kier alpha value is -1.81. The molecule has 0 spiro atoms. The number of hydroxylamine groups is 1. The van der Waals surface area contributed by atoms with E-state index in [1.807, 2.05) is 0 Å². The molecule has 0 aliphatic heterocycles. The minimum Gasteiger partial charge on any atom is -0.494 e. The number of aromatic nitrogens is 1. The predicted octanol–water partition coefficient (Wildman–Crippen LogP) is -1.91. The van der Waals surface area contributed by atoms with E-state index in [0.29, 0.717) is 0 Å². The number of nitrogens with zero attached hydrogens (tertiary/aromatic N) is 1. The molecule has 0 bridgehead atoms. The van der Waals surface area contributed by atoms with Gasteiger partial charge in [-0.3, -0.25) is 9.36 Å². The average molecular weight is 246 g/mol. The molecule has 9 heteroatoms. The minimum atomic E-state index is -1.38. The van der Waals surface area contributed by atoms with E-state index in [9.17, 15) is 15.0 Å². The number of hydrogen-bond donors (Lipinski definition) is 7. The Balaban J connectivity index is 2.89. The van der Waals surface area contributed by atoms with Crippen LogP contribution >= 0.6 is 0 Å². The second-order valence-corrected chi connectivity index (χ2v) is 3.25. The molecule has 0 aliphatic carbocycles. The van der Waals surface area contributed by atoms with Crippen molar-refractivity contribution in [2.75, 3.05) is 11.9 Å². The Bertz CT molecular complexity index is 405. The molecule has 0 aliphatic rings. The summed E-state index contributed by atoms with van der Waals surface area (Å²) in [4.78, 5) is 11.0. The van der Waals surface area contributed by atoms with Gasteiger partial charge in [0.05, 0.1) is 13.1 Å². The van der Waals surface area contributed by atoms with Crippen LogP contribution in [0.25, 0.3) is 0 Å². The fraction of sp³-hybridized carbons (Fsp3) is 0.375. The van der Waals surface area contributed by atoms with Crippen molar-refractivity contribution in [3.05, 3.63) is 6.07 Å². The predicted molar refractivity (Wildman–Crippen MR) is 56.4 cm³/mol. The highest BCUT2D eigenvalue weighted by Crippen LogP contribution is 2.32. The van der Waals surface area contributed by atoms with Gasteiger partial charge >= 0.3 is 0 Å². The summed E-state index contributed by atoms with van der Waals surface area (Å²) < 4.78 is 0.889. The maximum Gasteiger partial charge on any atom is 0.238 e. The summed E-state index contributed by atoms with van der Waals surface area (Å²) in [5.74, 6) is -1.39. The SMILES string of the molecule is NCC(=O)Nc1cc(O)n(C[C@H](O)NO)c1O. The number of rotatable bonds is 5. The molecule has 0 saturated heterocycles. The van der Waals surface area contributed by atoms with E-state index in [1.54, 1.807) is 0 Å². The maximum absolute atomic E-state index is 11.0. The smallest absolute Gasteiger partial charge is 0.238 e. The molecule has 1 aromatic rings. The number of aliphatic hydroxyl groups excluding tert-OH is 1. The van der Waals surface area contributed by atoms with Crippen molar-refractivity contribution >= 4 is 11.6 Å². The minimum absolute atomic E-state index is 0.0388. The molecule has 0 radical (unpaired) electrons. The summed E-state index contributed by atoms with van der Waals surface area (Å²) in [6.07, 6.45) is -1.38. The Kier molecular flexibility index (Phi) is 4.29. The first-order valence-corrected chi connectivity index (χ1v) is 4.68.